The minimum atomic E-state index is -0.405. The van der Waals surface area contributed by atoms with Gasteiger partial charge in [0, 0.05) is 31.1 Å². The quantitative estimate of drug-likeness (QED) is 0.270. The van der Waals surface area contributed by atoms with E-state index in [1.54, 1.807) is 0 Å². The summed E-state index contributed by atoms with van der Waals surface area (Å²) in [5.41, 5.74) is 3.61. The number of halogens is 3. The molecule has 0 spiro atoms. The van der Waals surface area contributed by atoms with Gasteiger partial charge in [0.05, 0.1) is 11.1 Å². The first kappa shape index (κ1) is 22.1. The molecule has 5 aromatic rings. The number of nitrogens with zero attached hydrogens (tertiary/aromatic N) is 4. The fraction of sp³-hybridized carbons (Fsp3) is 0.167. The Morgan fingerprint density at radius 1 is 0.939 bits per heavy atom. The number of aromatic amines is 1. The van der Waals surface area contributed by atoms with E-state index in [4.69, 9.17) is 33.2 Å². The highest BCUT2D eigenvalue weighted by Gasteiger charge is 2.25. The fourth-order valence-corrected chi connectivity index (χ4v) is 4.81. The molecule has 0 atom stereocenters. The number of H-pyrrole nitrogens is 1. The van der Waals surface area contributed by atoms with Crippen molar-refractivity contribution < 1.29 is 0 Å². The summed E-state index contributed by atoms with van der Waals surface area (Å²) in [6.45, 7) is 6.00. The van der Waals surface area contributed by atoms with Gasteiger partial charge in [-0.05, 0) is 35.9 Å². The molecule has 3 aromatic heterocycles. The Morgan fingerprint density at radius 2 is 1.64 bits per heavy atom. The summed E-state index contributed by atoms with van der Waals surface area (Å²) in [6.07, 6.45) is 0. The minimum Gasteiger partial charge on any atom is -0.246 e. The number of hydrogen-bond acceptors (Lipinski definition) is 4. The Morgan fingerprint density at radius 3 is 2.30 bits per heavy atom. The van der Waals surface area contributed by atoms with Crippen LogP contribution in [0.1, 0.15) is 26.6 Å². The lowest BCUT2D eigenvalue weighted by molar-refractivity contribution is 0.535. The van der Waals surface area contributed by atoms with Gasteiger partial charge < -0.3 is 0 Å². The normalized spacial score (nSPS) is 12.1. The number of aromatic nitrogens is 5. The van der Waals surface area contributed by atoms with Gasteiger partial charge in [0.25, 0.3) is 0 Å². The van der Waals surface area contributed by atoms with Crippen LogP contribution >= 0.6 is 39.1 Å². The lowest BCUT2D eigenvalue weighted by Crippen LogP contribution is -2.25. The zero-order valence-electron chi connectivity index (χ0n) is 17.9. The molecule has 0 bridgehead atoms. The van der Waals surface area contributed by atoms with E-state index in [1.807, 2.05) is 69.3 Å². The van der Waals surface area contributed by atoms with Crippen molar-refractivity contribution in [3.05, 3.63) is 79.4 Å². The molecule has 9 heteroatoms. The third-order valence-corrected chi connectivity index (χ3v) is 6.49. The van der Waals surface area contributed by atoms with Crippen LogP contribution in [0.2, 0.25) is 10.0 Å². The van der Waals surface area contributed by atoms with Crippen LogP contribution in [0.25, 0.3) is 39.1 Å². The van der Waals surface area contributed by atoms with Gasteiger partial charge in [0.2, 0.25) is 0 Å². The molecule has 0 radical (unpaired) electrons. The van der Waals surface area contributed by atoms with Crippen molar-refractivity contribution in [2.45, 2.75) is 26.2 Å². The largest absolute Gasteiger partial charge is 0.349 e. The van der Waals surface area contributed by atoms with E-state index < -0.39 is 5.41 Å². The number of fused-ring (bicyclic) bond motifs is 3. The van der Waals surface area contributed by atoms with Crippen molar-refractivity contribution >= 4 is 55.8 Å². The van der Waals surface area contributed by atoms with Gasteiger partial charge in [0.15, 0.2) is 11.3 Å². The molecule has 33 heavy (non-hydrogen) atoms. The zero-order chi connectivity index (χ0) is 23.5. The lowest BCUT2D eigenvalue weighted by atomic mass is 9.95. The topological polar surface area (TPSA) is 75.9 Å². The van der Waals surface area contributed by atoms with Gasteiger partial charge in [-0.25, -0.2) is 24.3 Å². The van der Waals surface area contributed by atoms with Crippen LogP contribution in [-0.2, 0) is 5.41 Å². The van der Waals surface area contributed by atoms with Crippen LogP contribution in [0.15, 0.2) is 57.8 Å². The van der Waals surface area contributed by atoms with Gasteiger partial charge in [-0.3, -0.25) is 0 Å². The number of nitrogens with one attached hydrogen (secondary N) is 1. The average molecular weight is 543 g/mol. The van der Waals surface area contributed by atoms with E-state index in [0.29, 0.717) is 32.6 Å². The summed E-state index contributed by atoms with van der Waals surface area (Å²) < 4.78 is 2.33. The predicted octanol–water partition coefficient (Wildman–Crippen LogP) is 6.67. The van der Waals surface area contributed by atoms with Crippen LogP contribution in [0.5, 0.6) is 0 Å². The van der Waals surface area contributed by atoms with Crippen molar-refractivity contribution in [3.63, 3.8) is 0 Å². The summed E-state index contributed by atoms with van der Waals surface area (Å²) in [5, 5.41) is 8.78. The highest BCUT2D eigenvalue weighted by molar-refractivity contribution is 9.10. The van der Waals surface area contributed by atoms with Crippen molar-refractivity contribution in [2.75, 3.05) is 0 Å². The summed E-state index contributed by atoms with van der Waals surface area (Å²) in [7, 11) is 0. The second-order valence-corrected chi connectivity index (χ2v) is 10.5. The zero-order valence-corrected chi connectivity index (χ0v) is 21.0. The number of pyridine rings is 1. The van der Waals surface area contributed by atoms with Crippen molar-refractivity contribution in [2.24, 2.45) is 0 Å². The molecule has 2 aromatic carbocycles. The first-order valence-electron chi connectivity index (χ1n) is 10.2. The molecule has 0 saturated heterocycles. The minimum absolute atomic E-state index is 0.332. The van der Waals surface area contributed by atoms with Crippen molar-refractivity contribution in [3.8, 4) is 22.4 Å². The monoisotopic (exact) mass is 541 g/mol. The maximum absolute atomic E-state index is 12.6. The third-order valence-electron chi connectivity index (χ3n) is 5.35. The van der Waals surface area contributed by atoms with Crippen LogP contribution < -0.4 is 5.69 Å². The number of rotatable bonds is 2. The SMILES string of the molecule is CC(C)(C)c1nc2nc(-c3ccc(Cl)cc3Br)c(-c3ccc(Cl)cc3)cc2c2n[nH]c(=O)n12. The molecule has 0 saturated carbocycles. The Balaban J connectivity index is 1.93. The molecular formula is C24H18BrCl2N5O. The summed E-state index contributed by atoms with van der Waals surface area (Å²) in [6, 6.07) is 15.1. The van der Waals surface area contributed by atoms with Gasteiger partial charge in [-0.2, -0.15) is 5.10 Å². The molecule has 1 N–H and O–H groups in total. The maximum atomic E-state index is 12.6. The first-order valence-corrected chi connectivity index (χ1v) is 11.7. The lowest BCUT2D eigenvalue weighted by Gasteiger charge is -2.20. The number of hydrogen-bond donors (Lipinski definition) is 1. The summed E-state index contributed by atoms with van der Waals surface area (Å²) in [4.78, 5) is 22.4. The van der Waals surface area contributed by atoms with E-state index in [-0.39, 0.29) is 5.69 Å². The molecule has 0 unspecified atom stereocenters. The van der Waals surface area contributed by atoms with Gasteiger partial charge >= 0.3 is 5.69 Å². The molecule has 0 aliphatic rings. The molecule has 5 rings (SSSR count). The molecule has 6 nitrogen and oxygen atoms in total. The van der Waals surface area contributed by atoms with E-state index in [0.717, 1.165) is 26.9 Å². The highest BCUT2D eigenvalue weighted by atomic mass is 79.9. The fourth-order valence-electron chi connectivity index (χ4n) is 3.82. The van der Waals surface area contributed by atoms with E-state index in [1.165, 1.54) is 4.40 Å². The first-order chi connectivity index (χ1) is 15.6. The Kier molecular flexibility index (Phi) is 5.31. The highest BCUT2D eigenvalue weighted by Crippen LogP contribution is 2.38. The van der Waals surface area contributed by atoms with E-state index >= 15 is 0 Å². The maximum Gasteiger partial charge on any atom is 0.349 e. The second-order valence-electron chi connectivity index (χ2n) is 8.76. The van der Waals surface area contributed by atoms with Crippen LogP contribution in [0.4, 0.5) is 0 Å². The molecule has 0 aliphatic carbocycles. The van der Waals surface area contributed by atoms with Gasteiger partial charge in [-0.15, -0.1) is 0 Å². The van der Waals surface area contributed by atoms with Crippen molar-refractivity contribution in [1.29, 1.82) is 0 Å². The second kappa shape index (κ2) is 7.94. The predicted molar refractivity (Wildman–Crippen MR) is 136 cm³/mol. The summed E-state index contributed by atoms with van der Waals surface area (Å²) >= 11 is 16.0. The van der Waals surface area contributed by atoms with Crippen LogP contribution in [-0.4, -0.2) is 24.6 Å². The number of benzene rings is 2. The van der Waals surface area contributed by atoms with Crippen LogP contribution in [0.3, 0.4) is 0 Å². The van der Waals surface area contributed by atoms with Crippen LogP contribution in [0, 0.1) is 0 Å². The van der Waals surface area contributed by atoms with Gasteiger partial charge in [0.1, 0.15) is 5.82 Å². The molecule has 166 valence electrons. The van der Waals surface area contributed by atoms with E-state index in [2.05, 4.69) is 26.1 Å². The van der Waals surface area contributed by atoms with Crippen molar-refractivity contribution in [1.82, 2.24) is 24.6 Å². The smallest absolute Gasteiger partial charge is 0.246 e. The summed E-state index contributed by atoms with van der Waals surface area (Å²) in [5.74, 6) is 0.580. The molecule has 0 fully saturated rings. The average Bonchev–Trinajstić information content (AvgIpc) is 3.14. The third kappa shape index (κ3) is 3.84. The molecule has 3 heterocycles. The van der Waals surface area contributed by atoms with Gasteiger partial charge in [-0.1, -0.05) is 78.1 Å². The molecule has 0 amide bonds. The standard InChI is InChI=1S/C24H18BrCl2N5O/c1-24(2,3)22-29-20-17(21-30-31-23(33)32(21)22)11-16(12-4-6-13(26)7-5-12)19(28-20)15-9-8-14(27)10-18(15)25/h4-11H,1-3H3,(H,31,33). The Bertz CT molecular complexity index is 1600. The molecule has 0 aliphatic heterocycles. The Labute approximate surface area is 207 Å². The van der Waals surface area contributed by atoms with E-state index in [9.17, 15) is 4.79 Å². The Hall–Kier alpha value is -2.74. The molecular weight excluding hydrogens is 525 g/mol.